The van der Waals surface area contributed by atoms with Crippen LogP contribution in [-0.4, -0.2) is 13.2 Å². The van der Waals surface area contributed by atoms with Crippen molar-refractivity contribution in [1.82, 2.24) is 0 Å². The van der Waals surface area contributed by atoms with E-state index in [2.05, 4.69) is 18.8 Å². The number of hydrogen-bond donors (Lipinski definition) is 0. The smallest absolute Gasteiger partial charge is 0.235 e. The molecule has 1 aromatic carbocycles. The summed E-state index contributed by atoms with van der Waals surface area (Å²) in [4.78, 5) is 14.5. The topological polar surface area (TPSA) is 38.7 Å². The Morgan fingerprint density at radius 2 is 2.11 bits per heavy atom. The molecule has 96 valence electrons. The summed E-state index contributed by atoms with van der Waals surface area (Å²) in [6.45, 7) is 4.20. The Morgan fingerprint density at radius 1 is 1.44 bits per heavy atom. The fraction of sp³-hybridized carbons (Fsp3) is 0.500. The van der Waals surface area contributed by atoms with Crippen LogP contribution in [0.5, 0.6) is 5.75 Å². The molecule has 1 saturated carbocycles. The van der Waals surface area contributed by atoms with E-state index in [-0.39, 0.29) is 0 Å². The van der Waals surface area contributed by atoms with Gasteiger partial charge in [-0.3, -0.25) is 0 Å². The van der Waals surface area contributed by atoms with Crippen molar-refractivity contribution in [2.45, 2.75) is 38.1 Å². The van der Waals surface area contributed by atoms with Crippen molar-refractivity contribution in [3.05, 3.63) is 28.3 Å². The van der Waals surface area contributed by atoms with Crippen LogP contribution in [0.2, 0.25) is 5.02 Å². The molecule has 0 aliphatic heterocycles. The Bertz CT molecular complexity index is 515. The van der Waals surface area contributed by atoms with Gasteiger partial charge in [0.1, 0.15) is 11.3 Å². The molecule has 0 bridgehead atoms. The van der Waals surface area contributed by atoms with Crippen LogP contribution in [0.1, 0.15) is 43.7 Å². The zero-order chi connectivity index (χ0) is 13.3. The van der Waals surface area contributed by atoms with Crippen molar-refractivity contribution >= 4 is 17.7 Å². The summed E-state index contributed by atoms with van der Waals surface area (Å²) < 4.78 is 5.36. The highest BCUT2D eigenvalue weighted by molar-refractivity contribution is 6.32. The molecule has 1 fully saturated rings. The zero-order valence-corrected chi connectivity index (χ0v) is 11.5. The van der Waals surface area contributed by atoms with Crippen LogP contribution in [-0.2, 0) is 10.3 Å². The number of ether oxygens (including phenoxy) is 1. The van der Waals surface area contributed by atoms with Crippen LogP contribution in [0.25, 0.3) is 0 Å². The number of rotatable bonds is 4. The molecule has 1 aliphatic rings. The van der Waals surface area contributed by atoms with Crippen molar-refractivity contribution in [2.24, 2.45) is 4.99 Å². The third kappa shape index (κ3) is 2.16. The summed E-state index contributed by atoms with van der Waals surface area (Å²) in [5.74, 6) is 0.987. The number of halogens is 1. The molecule has 2 rings (SSSR count). The first-order valence-electron chi connectivity index (χ1n) is 6.01. The minimum absolute atomic E-state index is 0.364. The van der Waals surface area contributed by atoms with Crippen molar-refractivity contribution in [3.8, 4) is 5.75 Å². The maximum absolute atomic E-state index is 10.6. The summed E-state index contributed by atoms with van der Waals surface area (Å²) in [6.07, 6.45) is 3.35. The third-order valence-electron chi connectivity index (χ3n) is 3.42. The molecule has 0 saturated heterocycles. The lowest BCUT2D eigenvalue weighted by molar-refractivity contribution is 0.404. The lowest BCUT2D eigenvalue weighted by Gasteiger charge is -2.18. The Morgan fingerprint density at radius 3 is 2.56 bits per heavy atom. The van der Waals surface area contributed by atoms with Crippen LogP contribution < -0.4 is 4.74 Å². The zero-order valence-electron chi connectivity index (χ0n) is 10.8. The average molecular weight is 266 g/mol. The maximum Gasteiger partial charge on any atom is 0.235 e. The van der Waals surface area contributed by atoms with Crippen LogP contribution in [0.15, 0.2) is 17.1 Å². The first kappa shape index (κ1) is 13.1. The Hall–Kier alpha value is -1.31. The third-order valence-corrected chi connectivity index (χ3v) is 3.70. The van der Waals surface area contributed by atoms with Gasteiger partial charge in [0.15, 0.2) is 0 Å². The summed E-state index contributed by atoms with van der Waals surface area (Å²) in [5.41, 5.74) is 1.58. The number of benzene rings is 1. The van der Waals surface area contributed by atoms with E-state index in [0.29, 0.717) is 16.7 Å². The van der Waals surface area contributed by atoms with Gasteiger partial charge in [0.05, 0.1) is 12.1 Å². The van der Waals surface area contributed by atoms with Gasteiger partial charge in [0.25, 0.3) is 0 Å². The standard InChI is InChI=1S/C14H16ClNO2/c1-9(2)10-6-11(13(18-3)12(15)7-10)14(4-5-14)16-8-17/h6-7,9H,4-5H2,1-3H3. The Kier molecular flexibility index (Phi) is 3.47. The van der Waals surface area contributed by atoms with Crippen LogP contribution in [0.4, 0.5) is 0 Å². The van der Waals surface area contributed by atoms with Gasteiger partial charge in [-0.25, -0.2) is 4.79 Å². The number of aliphatic imine (C=N–C) groups is 1. The number of hydrogen-bond acceptors (Lipinski definition) is 3. The number of carbonyl (C=O) groups excluding carboxylic acids is 1. The minimum atomic E-state index is -0.457. The summed E-state index contributed by atoms with van der Waals surface area (Å²) in [6, 6.07) is 3.96. The van der Waals surface area contributed by atoms with Crippen molar-refractivity contribution in [1.29, 1.82) is 0 Å². The van der Waals surface area contributed by atoms with E-state index >= 15 is 0 Å². The predicted octanol–water partition coefficient (Wildman–Crippen LogP) is 3.80. The first-order chi connectivity index (χ1) is 8.54. The Balaban J connectivity index is 2.60. The van der Waals surface area contributed by atoms with E-state index < -0.39 is 5.54 Å². The fourth-order valence-corrected chi connectivity index (χ4v) is 2.45. The highest BCUT2D eigenvalue weighted by Crippen LogP contribution is 2.54. The lowest BCUT2D eigenvalue weighted by Crippen LogP contribution is -2.07. The molecule has 3 nitrogen and oxygen atoms in total. The number of nitrogens with zero attached hydrogens (tertiary/aromatic N) is 1. The van der Waals surface area contributed by atoms with E-state index in [1.165, 1.54) is 0 Å². The summed E-state index contributed by atoms with van der Waals surface area (Å²) >= 11 is 6.25. The molecule has 4 heteroatoms. The molecule has 0 atom stereocenters. The summed E-state index contributed by atoms with van der Waals surface area (Å²) in [5, 5.41) is 0.575. The number of isocyanates is 1. The van der Waals surface area contributed by atoms with Gasteiger partial charge in [-0.2, -0.15) is 4.99 Å². The maximum atomic E-state index is 10.6. The second-order valence-corrected chi connectivity index (χ2v) is 5.38. The SMILES string of the molecule is COc1c(Cl)cc(C(C)C)cc1C1(N=C=O)CC1. The molecule has 1 aromatic rings. The highest BCUT2D eigenvalue weighted by Gasteiger charge is 2.47. The number of methoxy groups -OCH3 is 1. The highest BCUT2D eigenvalue weighted by atomic mass is 35.5. The van der Waals surface area contributed by atoms with Gasteiger partial charge in [-0.1, -0.05) is 25.4 Å². The van der Waals surface area contributed by atoms with Gasteiger partial charge in [-0.15, -0.1) is 0 Å². The first-order valence-corrected chi connectivity index (χ1v) is 6.39. The van der Waals surface area contributed by atoms with Gasteiger partial charge in [0, 0.05) is 5.56 Å². The van der Waals surface area contributed by atoms with Crippen molar-refractivity contribution in [3.63, 3.8) is 0 Å². The molecule has 0 spiro atoms. The molecule has 0 aromatic heterocycles. The van der Waals surface area contributed by atoms with Gasteiger partial charge >= 0.3 is 0 Å². The fourth-order valence-electron chi connectivity index (χ4n) is 2.15. The van der Waals surface area contributed by atoms with Crippen molar-refractivity contribution < 1.29 is 9.53 Å². The summed E-state index contributed by atoms with van der Waals surface area (Å²) in [7, 11) is 1.58. The molecule has 0 unspecified atom stereocenters. The normalized spacial score (nSPS) is 16.3. The molecule has 18 heavy (non-hydrogen) atoms. The molecule has 0 amide bonds. The van der Waals surface area contributed by atoms with Gasteiger partial charge in [0.2, 0.25) is 6.08 Å². The predicted molar refractivity (Wildman–Crippen MR) is 71.1 cm³/mol. The molecule has 0 N–H and O–H groups in total. The second-order valence-electron chi connectivity index (χ2n) is 4.97. The monoisotopic (exact) mass is 265 g/mol. The van der Waals surface area contributed by atoms with E-state index in [9.17, 15) is 4.79 Å². The quantitative estimate of drug-likeness (QED) is 0.614. The van der Waals surface area contributed by atoms with E-state index in [1.807, 2.05) is 12.1 Å². The van der Waals surface area contributed by atoms with E-state index in [0.717, 1.165) is 24.0 Å². The van der Waals surface area contributed by atoms with Gasteiger partial charge < -0.3 is 4.74 Å². The molecule has 0 heterocycles. The largest absolute Gasteiger partial charge is 0.495 e. The molecule has 1 aliphatic carbocycles. The molecule has 0 radical (unpaired) electrons. The lowest BCUT2D eigenvalue weighted by atomic mass is 9.95. The second kappa shape index (κ2) is 4.75. The molecular weight excluding hydrogens is 250 g/mol. The Labute approximate surface area is 112 Å². The van der Waals surface area contributed by atoms with Crippen LogP contribution in [0.3, 0.4) is 0 Å². The molecular formula is C14H16ClNO2. The van der Waals surface area contributed by atoms with E-state index in [1.54, 1.807) is 13.2 Å². The van der Waals surface area contributed by atoms with Crippen molar-refractivity contribution in [2.75, 3.05) is 7.11 Å². The van der Waals surface area contributed by atoms with Gasteiger partial charge in [-0.05, 0) is 36.5 Å². The average Bonchev–Trinajstić information content (AvgIpc) is 3.09. The van der Waals surface area contributed by atoms with Crippen LogP contribution in [0, 0.1) is 0 Å². The minimum Gasteiger partial charge on any atom is -0.495 e. The van der Waals surface area contributed by atoms with E-state index in [4.69, 9.17) is 16.3 Å². The van der Waals surface area contributed by atoms with Crippen LogP contribution >= 0.6 is 11.6 Å².